The SMILES string of the molecule is CC(N)c1ccc(N2CCN(C)C(=O)C2(C)C)cc1O. The van der Waals surface area contributed by atoms with E-state index in [1.165, 1.54) is 0 Å². The van der Waals surface area contributed by atoms with Gasteiger partial charge in [0.1, 0.15) is 11.3 Å². The Morgan fingerprint density at radius 2 is 2.00 bits per heavy atom. The maximum atomic E-state index is 12.3. The predicted molar refractivity (Wildman–Crippen MR) is 79.8 cm³/mol. The van der Waals surface area contributed by atoms with Gasteiger partial charge < -0.3 is 20.6 Å². The van der Waals surface area contributed by atoms with Crippen LogP contribution in [0.1, 0.15) is 32.4 Å². The van der Waals surface area contributed by atoms with Crippen LogP contribution in [0.2, 0.25) is 0 Å². The first-order valence-electron chi connectivity index (χ1n) is 6.87. The van der Waals surface area contributed by atoms with Crippen molar-refractivity contribution >= 4 is 11.6 Å². The number of anilines is 1. The van der Waals surface area contributed by atoms with Crippen molar-refractivity contribution in [2.24, 2.45) is 5.73 Å². The highest BCUT2D eigenvalue weighted by atomic mass is 16.3. The second-order valence-electron chi connectivity index (χ2n) is 5.97. The van der Waals surface area contributed by atoms with E-state index in [1.807, 2.05) is 44.9 Å². The number of carbonyl (C=O) groups is 1. The molecule has 1 aromatic rings. The third-order valence-corrected chi connectivity index (χ3v) is 4.02. The van der Waals surface area contributed by atoms with Gasteiger partial charge in [0.25, 0.3) is 0 Å². The van der Waals surface area contributed by atoms with Crippen LogP contribution in [-0.2, 0) is 4.79 Å². The number of hydrogen-bond acceptors (Lipinski definition) is 4. The number of amides is 1. The summed E-state index contributed by atoms with van der Waals surface area (Å²) in [6, 6.07) is 5.22. The summed E-state index contributed by atoms with van der Waals surface area (Å²) in [4.78, 5) is 16.1. The van der Waals surface area contributed by atoms with E-state index in [-0.39, 0.29) is 17.7 Å². The molecule has 1 aromatic carbocycles. The van der Waals surface area contributed by atoms with Crippen molar-refractivity contribution in [3.8, 4) is 5.75 Å². The molecule has 0 saturated carbocycles. The predicted octanol–water partition coefficient (Wildman–Crippen LogP) is 1.47. The van der Waals surface area contributed by atoms with Gasteiger partial charge in [-0.2, -0.15) is 0 Å². The second-order valence-corrected chi connectivity index (χ2v) is 5.97. The molecule has 0 aliphatic carbocycles. The minimum atomic E-state index is -0.616. The molecule has 20 heavy (non-hydrogen) atoms. The van der Waals surface area contributed by atoms with Crippen LogP contribution in [0.25, 0.3) is 0 Å². The normalized spacial score (nSPS) is 20.1. The molecular formula is C15H23N3O2. The zero-order valence-electron chi connectivity index (χ0n) is 12.6. The van der Waals surface area contributed by atoms with Crippen molar-refractivity contribution in [1.29, 1.82) is 0 Å². The molecule has 0 radical (unpaired) electrons. The Morgan fingerprint density at radius 3 is 2.55 bits per heavy atom. The monoisotopic (exact) mass is 277 g/mol. The van der Waals surface area contributed by atoms with Gasteiger partial charge in [0.2, 0.25) is 5.91 Å². The Balaban J connectivity index is 2.36. The third-order valence-electron chi connectivity index (χ3n) is 4.02. The van der Waals surface area contributed by atoms with Crippen LogP contribution in [0.15, 0.2) is 18.2 Å². The lowest BCUT2D eigenvalue weighted by Gasteiger charge is -2.46. The fourth-order valence-electron chi connectivity index (χ4n) is 2.75. The summed E-state index contributed by atoms with van der Waals surface area (Å²) in [7, 11) is 1.82. The molecule has 5 heteroatoms. The number of phenolic OH excluding ortho intramolecular Hbond substituents is 1. The first kappa shape index (κ1) is 14.7. The summed E-state index contributed by atoms with van der Waals surface area (Å²) in [5.41, 5.74) is 6.75. The summed E-state index contributed by atoms with van der Waals surface area (Å²) in [6.07, 6.45) is 0. The quantitative estimate of drug-likeness (QED) is 0.859. The van der Waals surface area contributed by atoms with Crippen molar-refractivity contribution in [1.82, 2.24) is 4.90 Å². The van der Waals surface area contributed by atoms with Crippen LogP contribution in [-0.4, -0.2) is 41.6 Å². The Bertz CT molecular complexity index is 526. The van der Waals surface area contributed by atoms with Gasteiger partial charge in [-0.1, -0.05) is 6.07 Å². The molecule has 2 rings (SSSR count). The second kappa shape index (κ2) is 4.98. The van der Waals surface area contributed by atoms with Gasteiger partial charge in [-0.25, -0.2) is 0 Å². The molecule has 1 atom stereocenters. The van der Waals surface area contributed by atoms with Gasteiger partial charge in [0, 0.05) is 43.5 Å². The molecule has 5 nitrogen and oxygen atoms in total. The molecule has 1 saturated heterocycles. The molecule has 1 unspecified atom stereocenters. The van der Waals surface area contributed by atoms with E-state index >= 15 is 0 Å². The highest BCUT2D eigenvalue weighted by Gasteiger charge is 2.40. The molecule has 1 aliphatic heterocycles. The molecule has 0 spiro atoms. The van der Waals surface area contributed by atoms with Crippen molar-refractivity contribution < 1.29 is 9.90 Å². The Hall–Kier alpha value is -1.75. The number of nitrogens with two attached hydrogens (primary N) is 1. The van der Waals surface area contributed by atoms with E-state index in [4.69, 9.17) is 5.73 Å². The maximum Gasteiger partial charge on any atom is 0.247 e. The van der Waals surface area contributed by atoms with Gasteiger partial charge in [0.15, 0.2) is 0 Å². The summed E-state index contributed by atoms with van der Waals surface area (Å²) < 4.78 is 0. The van der Waals surface area contributed by atoms with Crippen LogP contribution in [0.4, 0.5) is 5.69 Å². The largest absolute Gasteiger partial charge is 0.508 e. The van der Waals surface area contributed by atoms with Crippen LogP contribution in [0.5, 0.6) is 5.75 Å². The van der Waals surface area contributed by atoms with Gasteiger partial charge >= 0.3 is 0 Å². The number of nitrogens with zero attached hydrogens (tertiary/aromatic N) is 2. The average Bonchev–Trinajstić information content (AvgIpc) is 2.35. The lowest BCUT2D eigenvalue weighted by atomic mass is 9.96. The topological polar surface area (TPSA) is 69.8 Å². The van der Waals surface area contributed by atoms with Gasteiger partial charge in [-0.3, -0.25) is 4.79 Å². The number of benzene rings is 1. The zero-order chi connectivity index (χ0) is 15.1. The van der Waals surface area contributed by atoms with Crippen LogP contribution in [0.3, 0.4) is 0 Å². The standard InChI is InChI=1S/C15H23N3O2/c1-10(16)12-6-5-11(9-13(12)19)18-8-7-17(4)14(20)15(18,2)3/h5-6,9-10,19H,7-8,16H2,1-4H3. The molecule has 0 aromatic heterocycles. The molecular weight excluding hydrogens is 254 g/mol. The first-order valence-corrected chi connectivity index (χ1v) is 6.87. The summed E-state index contributed by atoms with van der Waals surface area (Å²) in [5.74, 6) is 0.263. The van der Waals surface area contributed by atoms with Crippen molar-refractivity contribution in [3.63, 3.8) is 0 Å². The molecule has 1 amide bonds. The van der Waals surface area contributed by atoms with Crippen molar-refractivity contribution in [2.45, 2.75) is 32.4 Å². The summed E-state index contributed by atoms with van der Waals surface area (Å²) >= 11 is 0. The number of aromatic hydroxyl groups is 1. The number of piperazine rings is 1. The smallest absolute Gasteiger partial charge is 0.247 e. The van der Waals surface area contributed by atoms with E-state index in [0.717, 1.165) is 12.2 Å². The lowest BCUT2D eigenvalue weighted by Crippen LogP contribution is -2.62. The minimum absolute atomic E-state index is 0.0829. The van der Waals surface area contributed by atoms with E-state index in [2.05, 4.69) is 0 Å². The first-order chi connectivity index (χ1) is 9.25. The Morgan fingerprint density at radius 1 is 1.35 bits per heavy atom. The number of rotatable bonds is 2. The fraction of sp³-hybridized carbons (Fsp3) is 0.533. The highest BCUT2D eigenvalue weighted by molar-refractivity contribution is 5.90. The van der Waals surface area contributed by atoms with Crippen molar-refractivity contribution in [3.05, 3.63) is 23.8 Å². The average molecular weight is 277 g/mol. The summed E-state index contributed by atoms with van der Waals surface area (Å²) in [5, 5.41) is 10.1. The van der Waals surface area contributed by atoms with Crippen LogP contribution in [0, 0.1) is 0 Å². The van der Waals surface area contributed by atoms with Crippen LogP contribution >= 0.6 is 0 Å². The van der Waals surface area contributed by atoms with Gasteiger partial charge in [-0.05, 0) is 26.8 Å². The number of hydrogen-bond donors (Lipinski definition) is 2. The van der Waals surface area contributed by atoms with Crippen molar-refractivity contribution in [2.75, 3.05) is 25.0 Å². The van der Waals surface area contributed by atoms with E-state index in [0.29, 0.717) is 12.1 Å². The fourth-order valence-corrected chi connectivity index (χ4v) is 2.75. The third kappa shape index (κ3) is 2.33. The summed E-state index contributed by atoms with van der Waals surface area (Å²) in [6.45, 7) is 7.06. The molecule has 3 N–H and O–H groups in total. The Labute approximate surface area is 120 Å². The zero-order valence-corrected chi connectivity index (χ0v) is 12.6. The maximum absolute atomic E-state index is 12.3. The van der Waals surface area contributed by atoms with E-state index < -0.39 is 5.54 Å². The number of phenols is 1. The van der Waals surface area contributed by atoms with E-state index in [1.54, 1.807) is 11.0 Å². The minimum Gasteiger partial charge on any atom is -0.508 e. The molecule has 1 fully saturated rings. The molecule has 1 heterocycles. The molecule has 1 aliphatic rings. The molecule has 110 valence electrons. The van der Waals surface area contributed by atoms with Crippen LogP contribution < -0.4 is 10.6 Å². The number of likely N-dealkylation sites (N-methyl/N-ethyl adjacent to an activating group) is 1. The van der Waals surface area contributed by atoms with Gasteiger partial charge in [-0.15, -0.1) is 0 Å². The number of carbonyl (C=O) groups excluding carboxylic acids is 1. The molecule has 0 bridgehead atoms. The highest BCUT2D eigenvalue weighted by Crippen LogP contribution is 2.33. The Kier molecular flexibility index (Phi) is 3.65. The lowest BCUT2D eigenvalue weighted by molar-refractivity contribution is -0.136. The van der Waals surface area contributed by atoms with Gasteiger partial charge in [0.05, 0.1) is 0 Å². The van der Waals surface area contributed by atoms with E-state index in [9.17, 15) is 9.90 Å².